The van der Waals surface area contributed by atoms with Gasteiger partial charge >= 0.3 is 0 Å². The van der Waals surface area contributed by atoms with Gasteiger partial charge in [-0.25, -0.2) is 0 Å². The fourth-order valence-electron chi connectivity index (χ4n) is 2.51. The highest BCUT2D eigenvalue weighted by Crippen LogP contribution is 2.36. The van der Waals surface area contributed by atoms with Crippen LogP contribution in [0.4, 0.5) is 5.82 Å². The van der Waals surface area contributed by atoms with Crippen molar-refractivity contribution in [3.05, 3.63) is 46.4 Å². The molecule has 3 aromatic rings. The Bertz CT molecular complexity index is 902. The molecule has 1 N–H and O–H groups in total. The van der Waals surface area contributed by atoms with Gasteiger partial charge in [-0.1, -0.05) is 48.3 Å². The number of halogens is 2. The molecule has 1 aromatic heterocycles. The van der Waals surface area contributed by atoms with Crippen molar-refractivity contribution in [1.29, 1.82) is 0 Å². The number of hydrogen-bond acceptors (Lipinski definition) is 2. The van der Waals surface area contributed by atoms with Crippen molar-refractivity contribution >= 4 is 45.8 Å². The molecule has 3 rings (SSSR count). The summed E-state index contributed by atoms with van der Waals surface area (Å²) in [5.74, 6) is 0.628. The molecule has 0 aliphatic rings. The van der Waals surface area contributed by atoms with E-state index in [0.717, 1.165) is 22.0 Å². The number of nitrogens with zero attached hydrogens (tertiary/aromatic N) is 2. The van der Waals surface area contributed by atoms with Crippen LogP contribution in [0.1, 0.15) is 13.3 Å². The Morgan fingerprint density at radius 2 is 2.00 bits per heavy atom. The SMILES string of the molecule is CCC(=O)Nc1c2cccc(-c3ccc(Cl)cc3Cl)c2nn1C. The third kappa shape index (κ3) is 2.92. The van der Waals surface area contributed by atoms with E-state index in [-0.39, 0.29) is 5.91 Å². The maximum atomic E-state index is 11.7. The molecule has 23 heavy (non-hydrogen) atoms. The first-order valence-electron chi connectivity index (χ1n) is 7.22. The summed E-state index contributed by atoms with van der Waals surface area (Å²) in [4.78, 5) is 11.7. The lowest BCUT2D eigenvalue weighted by Gasteiger charge is -2.06. The topological polar surface area (TPSA) is 46.9 Å². The van der Waals surface area contributed by atoms with E-state index >= 15 is 0 Å². The number of carbonyl (C=O) groups is 1. The van der Waals surface area contributed by atoms with Gasteiger partial charge in [-0.05, 0) is 18.2 Å². The van der Waals surface area contributed by atoms with Crippen LogP contribution >= 0.6 is 23.2 Å². The van der Waals surface area contributed by atoms with Crippen molar-refractivity contribution in [2.45, 2.75) is 13.3 Å². The highest BCUT2D eigenvalue weighted by atomic mass is 35.5. The molecule has 1 amide bonds. The summed E-state index contributed by atoms with van der Waals surface area (Å²) in [5.41, 5.74) is 2.54. The second-order valence-electron chi connectivity index (χ2n) is 5.20. The molecular formula is C17H15Cl2N3O. The van der Waals surface area contributed by atoms with Crippen LogP contribution in [-0.2, 0) is 11.8 Å². The third-order valence-corrected chi connectivity index (χ3v) is 4.21. The van der Waals surface area contributed by atoms with Crippen molar-refractivity contribution in [3.8, 4) is 11.1 Å². The Hall–Kier alpha value is -2.04. The predicted octanol–water partition coefficient (Wildman–Crippen LogP) is 4.90. The Labute approximate surface area is 144 Å². The van der Waals surface area contributed by atoms with Crippen molar-refractivity contribution in [2.24, 2.45) is 7.05 Å². The van der Waals surface area contributed by atoms with E-state index in [1.54, 1.807) is 23.9 Å². The van der Waals surface area contributed by atoms with Crippen molar-refractivity contribution < 1.29 is 4.79 Å². The smallest absolute Gasteiger partial charge is 0.225 e. The van der Waals surface area contributed by atoms with E-state index in [9.17, 15) is 4.79 Å². The quantitative estimate of drug-likeness (QED) is 0.732. The van der Waals surface area contributed by atoms with Crippen molar-refractivity contribution in [2.75, 3.05) is 5.32 Å². The largest absolute Gasteiger partial charge is 0.310 e. The monoisotopic (exact) mass is 347 g/mol. The van der Waals surface area contributed by atoms with Gasteiger partial charge in [0.2, 0.25) is 5.91 Å². The molecule has 118 valence electrons. The Morgan fingerprint density at radius 1 is 1.22 bits per heavy atom. The van der Waals surface area contributed by atoms with Crippen LogP contribution in [0, 0.1) is 0 Å². The van der Waals surface area contributed by atoms with E-state index < -0.39 is 0 Å². The molecule has 0 fully saturated rings. The van der Waals surface area contributed by atoms with Gasteiger partial charge < -0.3 is 5.32 Å². The van der Waals surface area contributed by atoms with Crippen LogP contribution in [0.3, 0.4) is 0 Å². The van der Waals surface area contributed by atoms with Gasteiger partial charge in [-0.15, -0.1) is 0 Å². The Kier molecular flexibility index (Phi) is 4.28. The molecule has 4 nitrogen and oxygen atoms in total. The summed E-state index contributed by atoms with van der Waals surface area (Å²) < 4.78 is 1.67. The summed E-state index contributed by atoms with van der Waals surface area (Å²) in [6, 6.07) is 11.2. The van der Waals surface area contributed by atoms with Gasteiger partial charge in [0, 0.05) is 40.0 Å². The summed E-state index contributed by atoms with van der Waals surface area (Å²) in [6.07, 6.45) is 0.412. The molecule has 6 heteroatoms. The number of nitrogens with one attached hydrogen (secondary N) is 1. The lowest BCUT2D eigenvalue weighted by Crippen LogP contribution is -2.12. The van der Waals surface area contributed by atoms with Gasteiger partial charge in [0.25, 0.3) is 0 Å². The average molecular weight is 348 g/mol. The zero-order valence-corrected chi connectivity index (χ0v) is 14.2. The van der Waals surface area contributed by atoms with Crippen LogP contribution < -0.4 is 5.32 Å². The fraction of sp³-hybridized carbons (Fsp3) is 0.176. The van der Waals surface area contributed by atoms with Gasteiger partial charge in [-0.2, -0.15) is 5.10 Å². The minimum atomic E-state index is -0.0511. The second kappa shape index (κ2) is 6.22. The number of anilines is 1. The maximum absolute atomic E-state index is 11.7. The summed E-state index contributed by atoms with van der Waals surface area (Å²) >= 11 is 12.3. The Balaban J connectivity index is 2.20. The zero-order valence-electron chi connectivity index (χ0n) is 12.7. The highest BCUT2D eigenvalue weighted by molar-refractivity contribution is 6.36. The normalized spacial score (nSPS) is 11.0. The molecule has 1 heterocycles. The summed E-state index contributed by atoms with van der Waals surface area (Å²) in [7, 11) is 1.80. The summed E-state index contributed by atoms with van der Waals surface area (Å²) in [6.45, 7) is 1.81. The molecule has 0 aliphatic carbocycles. The number of carbonyl (C=O) groups excluding carboxylic acids is 1. The first kappa shape index (κ1) is 15.8. The average Bonchev–Trinajstić information content (AvgIpc) is 2.83. The minimum absolute atomic E-state index is 0.0511. The van der Waals surface area contributed by atoms with E-state index in [0.29, 0.717) is 22.3 Å². The number of hydrogen-bond donors (Lipinski definition) is 1. The molecule has 0 unspecified atom stereocenters. The number of benzene rings is 2. The standard InChI is InChI=1S/C17H15Cl2N3O/c1-3-15(23)20-17-13-6-4-5-12(16(13)21-22(17)2)11-8-7-10(18)9-14(11)19/h4-9H,3H2,1-2H3,(H,20,23). The molecule has 2 aromatic carbocycles. The first-order valence-corrected chi connectivity index (χ1v) is 7.98. The highest BCUT2D eigenvalue weighted by Gasteiger charge is 2.16. The number of aromatic nitrogens is 2. The van der Waals surface area contributed by atoms with Crippen molar-refractivity contribution in [3.63, 3.8) is 0 Å². The predicted molar refractivity (Wildman–Crippen MR) is 95.1 cm³/mol. The lowest BCUT2D eigenvalue weighted by atomic mass is 10.0. The first-order chi connectivity index (χ1) is 11.0. The molecule has 0 saturated heterocycles. The van der Waals surface area contributed by atoms with Gasteiger partial charge in [0.05, 0.1) is 0 Å². The molecule has 0 radical (unpaired) electrons. The van der Waals surface area contributed by atoms with E-state index in [1.807, 2.05) is 31.2 Å². The maximum Gasteiger partial charge on any atom is 0.225 e. The van der Waals surface area contributed by atoms with Crippen LogP contribution in [0.2, 0.25) is 10.0 Å². The third-order valence-electron chi connectivity index (χ3n) is 3.66. The molecule has 0 saturated carbocycles. The number of fused-ring (bicyclic) bond motifs is 1. The van der Waals surface area contributed by atoms with Gasteiger partial charge in [-0.3, -0.25) is 9.48 Å². The van der Waals surface area contributed by atoms with E-state index in [1.165, 1.54) is 0 Å². The fourth-order valence-corrected chi connectivity index (χ4v) is 3.02. The summed E-state index contributed by atoms with van der Waals surface area (Å²) in [5, 5.41) is 9.47. The van der Waals surface area contributed by atoms with Crippen LogP contribution in [-0.4, -0.2) is 15.7 Å². The minimum Gasteiger partial charge on any atom is -0.310 e. The van der Waals surface area contributed by atoms with Crippen molar-refractivity contribution in [1.82, 2.24) is 9.78 Å². The lowest BCUT2D eigenvalue weighted by molar-refractivity contribution is -0.115. The van der Waals surface area contributed by atoms with Gasteiger partial charge in [0.1, 0.15) is 11.3 Å². The molecule has 0 atom stereocenters. The molecule has 0 aliphatic heterocycles. The van der Waals surface area contributed by atoms with Crippen LogP contribution in [0.25, 0.3) is 22.0 Å². The second-order valence-corrected chi connectivity index (χ2v) is 6.04. The number of aryl methyl sites for hydroxylation is 1. The van der Waals surface area contributed by atoms with E-state index in [2.05, 4.69) is 10.4 Å². The number of rotatable bonds is 3. The zero-order chi connectivity index (χ0) is 16.6. The van der Waals surface area contributed by atoms with Crippen LogP contribution in [0.5, 0.6) is 0 Å². The molecular weight excluding hydrogens is 333 g/mol. The molecule has 0 bridgehead atoms. The molecule has 0 spiro atoms. The van der Waals surface area contributed by atoms with Crippen LogP contribution in [0.15, 0.2) is 36.4 Å². The van der Waals surface area contributed by atoms with Gasteiger partial charge in [0.15, 0.2) is 0 Å². The Morgan fingerprint density at radius 3 is 2.70 bits per heavy atom. The number of amides is 1. The van der Waals surface area contributed by atoms with E-state index in [4.69, 9.17) is 23.2 Å².